The van der Waals surface area contributed by atoms with E-state index < -0.39 is 0 Å². The molecule has 0 amide bonds. The maximum absolute atomic E-state index is 2.38. The van der Waals surface area contributed by atoms with Gasteiger partial charge in [-0.15, -0.1) is 0 Å². The molecule has 2 heteroatoms. The highest BCUT2D eigenvalue weighted by atomic mass is 15.2. The quantitative estimate of drug-likeness (QED) is 0.179. The van der Waals surface area contributed by atoms with Gasteiger partial charge in [0.05, 0.1) is 0 Å². The van der Waals surface area contributed by atoms with Gasteiger partial charge in [-0.2, -0.15) is 0 Å². The predicted molar refractivity (Wildman–Crippen MR) is 210 cm³/mol. The Kier molecular flexibility index (Phi) is 12.0. The van der Waals surface area contributed by atoms with Crippen molar-refractivity contribution >= 4 is 28.3 Å². The molecule has 1 aliphatic heterocycles. The van der Waals surface area contributed by atoms with Gasteiger partial charge >= 0.3 is 0 Å². The minimum Gasteiger partial charge on any atom is -0.317 e. The molecule has 0 N–H and O–H groups in total. The molecule has 1 unspecified atom stereocenters. The van der Waals surface area contributed by atoms with E-state index in [0.717, 1.165) is 24.2 Å². The van der Waals surface area contributed by atoms with Gasteiger partial charge < -0.3 is 9.80 Å². The number of benzene rings is 4. The van der Waals surface area contributed by atoms with Gasteiger partial charge in [0.25, 0.3) is 0 Å². The van der Waals surface area contributed by atoms with Crippen LogP contribution in [0.1, 0.15) is 62.3 Å². The highest BCUT2D eigenvalue weighted by Gasteiger charge is 2.22. The van der Waals surface area contributed by atoms with E-state index in [1.165, 1.54) is 44.9 Å². The summed E-state index contributed by atoms with van der Waals surface area (Å²) in [4.78, 5) is 4.72. The lowest BCUT2D eigenvalue weighted by atomic mass is 9.92. The fourth-order valence-corrected chi connectivity index (χ4v) is 6.26. The number of allylic oxidation sites excluding steroid dienone is 12. The van der Waals surface area contributed by atoms with Crippen LogP contribution in [-0.2, 0) is 6.42 Å². The topological polar surface area (TPSA) is 6.48 Å². The SMILES string of the molecule is CC.C\C=C/C=C\C=C\N(c1cccc(C2C=CC=CC2)c1)c1cc(C2=C/C(=C\C)N(c3ccccc3)c3ccccc3C2)ccc1C. The number of para-hydroxylation sites is 2. The first-order chi connectivity index (χ1) is 23.7. The summed E-state index contributed by atoms with van der Waals surface area (Å²) >= 11 is 0. The summed E-state index contributed by atoms with van der Waals surface area (Å²) in [6, 6.07) is 35.4. The summed E-state index contributed by atoms with van der Waals surface area (Å²) in [7, 11) is 0. The first kappa shape index (κ1) is 34.0. The average molecular weight is 629 g/mol. The van der Waals surface area contributed by atoms with E-state index >= 15 is 0 Å². The molecular weight excluding hydrogens is 581 g/mol. The first-order valence-corrected chi connectivity index (χ1v) is 17.3. The minimum atomic E-state index is 0.390. The number of aryl methyl sites for hydroxylation is 1. The molecule has 48 heavy (non-hydrogen) atoms. The fourth-order valence-electron chi connectivity index (χ4n) is 6.26. The second-order valence-corrected chi connectivity index (χ2v) is 11.7. The van der Waals surface area contributed by atoms with E-state index in [1.54, 1.807) is 0 Å². The summed E-state index contributed by atoms with van der Waals surface area (Å²) in [6.07, 6.45) is 27.9. The molecule has 4 aromatic carbocycles. The summed E-state index contributed by atoms with van der Waals surface area (Å²) in [6.45, 7) is 10.4. The molecule has 0 radical (unpaired) electrons. The van der Waals surface area contributed by atoms with Gasteiger partial charge in [-0.25, -0.2) is 0 Å². The summed E-state index contributed by atoms with van der Waals surface area (Å²) < 4.78 is 0. The van der Waals surface area contributed by atoms with E-state index in [1.807, 2.05) is 26.8 Å². The summed E-state index contributed by atoms with van der Waals surface area (Å²) in [5.74, 6) is 0.390. The van der Waals surface area contributed by atoms with Crippen molar-refractivity contribution in [1.82, 2.24) is 0 Å². The van der Waals surface area contributed by atoms with Crippen LogP contribution >= 0.6 is 0 Å². The van der Waals surface area contributed by atoms with Crippen molar-refractivity contribution < 1.29 is 0 Å². The smallest absolute Gasteiger partial charge is 0.0496 e. The zero-order chi connectivity index (χ0) is 33.7. The molecule has 1 heterocycles. The van der Waals surface area contributed by atoms with Crippen molar-refractivity contribution in [3.05, 3.63) is 198 Å². The maximum Gasteiger partial charge on any atom is 0.0496 e. The third-order valence-corrected chi connectivity index (χ3v) is 8.66. The Morgan fingerprint density at radius 1 is 0.771 bits per heavy atom. The van der Waals surface area contributed by atoms with Crippen molar-refractivity contribution in [3.63, 3.8) is 0 Å². The molecule has 0 saturated carbocycles. The van der Waals surface area contributed by atoms with Crippen molar-refractivity contribution in [2.24, 2.45) is 0 Å². The Bertz CT molecular complexity index is 1880. The molecule has 4 aromatic rings. The van der Waals surface area contributed by atoms with Gasteiger partial charge in [0.2, 0.25) is 0 Å². The number of rotatable bonds is 8. The summed E-state index contributed by atoms with van der Waals surface area (Å²) in [5, 5.41) is 0. The van der Waals surface area contributed by atoms with Gasteiger partial charge in [0.1, 0.15) is 0 Å². The molecular formula is C46H48N2. The lowest BCUT2D eigenvalue weighted by Gasteiger charge is -2.26. The fraction of sp³-hybridized carbons (Fsp3) is 0.174. The molecule has 242 valence electrons. The molecule has 6 rings (SSSR count). The van der Waals surface area contributed by atoms with E-state index in [2.05, 4.69) is 188 Å². The van der Waals surface area contributed by atoms with Crippen molar-refractivity contribution in [3.8, 4) is 0 Å². The number of hydrogen-bond donors (Lipinski definition) is 0. The molecule has 2 aliphatic rings. The lowest BCUT2D eigenvalue weighted by molar-refractivity contribution is 0.853. The highest BCUT2D eigenvalue weighted by molar-refractivity contribution is 5.84. The molecule has 0 bridgehead atoms. The van der Waals surface area contributed by atoms with Gasteiger partial charge in [-0.05, 0) is 104 Å². The van der Waals surface area contributed by atoms with Crippen LogP contribution in [0.25, 0.3) is 5.57 Å². The second kappa shape index (κ2) is 17.0. The van der Waals surface area contributed by atoms with Crippen molar-refractivity contribution in [1.29, 1.82) is 0 Å². The number of fused-ring (bicyclic) bond motifs is 1. The van der Waals surface area contributed by atoms with Crippen LogP contribution in [-0.4, -0.2) is 0 Å². The normalized spacial score (nSPS) is 16.6. The zero-order valence-corrected chi connectivity index (χ0v) is 29.1. The highest BCUT2D eigenvalue weighted by Crippen LogP contribution is 2.41. The third kappa shape index (κ3) is 7.96. The monoisotopic (exact) mass is 628 g/mol. The number of anilines is 4. The van der Waals surface area contributed by atoms with Crippen molar-refractivity contribution in [2.75, 3.05) is 9.80 Å². The Balaban J connectivity index is 0.00000221. The minimum absolute atomic E-state index is 0.390. The van der Waals surface area contributed by atoms with E-state index in [4.69, 9.17) is 0 Å². The van der Waals surface area contributed by atoms with Gasteiger partial charge in [0.15, 0.2) is 0 Å². The molecule has 1 atom stereocenters. The Morgan fingerprint density at radius 2 is 1.56 bits per heavy atom. The van der Waals surface area contributed by atoms with Crippen LogP contribution in [0.15, 0.2) is 176 Å². The second-order valence-electron chi connectivity index (χ2n) is 11.7. The lowest BCUT2D eigenvalue weighted by Crippen LogP contribution is -2.15. The number of hydrogen-bond acceptors (Lipinski definition) is 2. The molecule has 2 nitrogen and oxygen atoms in total. The van der Waals surface area contributed by atoms with Crippen LogP contribution in [0.5, 0.6) is 0 Å². The van der Waals surface area contributed by atoms with E-state index in [-0.39, 0.29) is 0 Å². The first-order valence-electron chi connectivity index (χ1n) is 17.3. The summed E-state index contributed by atoms with van der Waals surface area (Å²) in [5.41, 5.74) is 12.3. The molecule has 0 spiro atoms. The predicted octanol–water partition coefficient (Wildman–Crippen LogP) is 13.1. The number of nitrogens with zero attached hydrogens (tertiary/aromatic N) is 2. The zero-order valence-electron chi connectivity index (χ0n) is 29.1. The molecule has 1 aliphatic carbocycles. The van der Waals surface area contributed by atoms with E-state index in [0.29, 0.717) is 5.92 Å². The third-order valence-electron chi connectivity index (χ3n) is 8.66. The maximum atomic E-state index is 2.38. The van der Waals surface area contributed by atoms with Crippen molar-refractivity contribution in [2.45, 2.75) is 53.4 Å². The van der Waals surface area contributed by atoms with Crippen LogP contribution in [0.4, 0.5) is 22.7 Å². The van der Waals surface area contributed by atoms with Crippen LogP contribution in [0.2, 0.25) is 0 Å². The van der Waals surface area contributed by atoms with Gasteiger partial charge in [-0.1, -0.05) is 129 Å². The van der Waals surface area contributed by atoms with Crippen LogP contribution in [0.3, 0.4) is 0 Å². The molecule has 0 saturated heterocycles. The largest absolute Gasteiger partial charge is 0.317 e. The van der Waals surface area contributed by atoms with Crippen LogP contribution < -0.4 is 9.80 Å². The average Bonchev–Trinajstić information content (AvgIpc) is 3.32. The Morgan fingerprint density at radius 3 is 2.33 bits per heavy atom. The standard InChI is InChI=1S/C44H42N2.C2H6/c1-4-6-7-8-17-29-45(42-25-18-22-36(31-42)35-19-11-9-12-20-35)44-33-37(28-27-34(44)3)39-30-38-21-15-16-26-43(38)46(40(5-2)32-39)41-23-13-10-14-24-41;1-2/h4-19,21-29,31-33,35H,20,30H2,1-3H3;1-2H3/b6-4-,8-7-,29-17+,40-5+;. The van der Waals surface area contributed by atoms with E-state index in [9.17, 15) is 0 Å². The Labute approximate surface area is 288 Å². The van der Waals surface area contributed by atoms with Crippen LogP contribution in [0, 0.1) is 6.92 Å². The Hall–Kier alpha value is -5.34. The molecule has 0 aromatic heterocycles. The molecule has 0 fully saturated rings. The van der Waals surface area contributed by atoms with Gasteiger partial charge in [0, 0.05) is 47.0 Å². The van der Waals surface area contributed by atoms with Gasteiger partial charge in [-0.3, -0.25) is 0 Å².